The van der Waals surface area contributed by atoms with Gasteiger partial charge in [-0.3, -0.25) is 0 Å². The van der Waals surface area contributed by atoms with Gasteiger partial charge in [-0.25, -0.2) is 20.2 Å². The van der Waals surface area contributed by atoms with Gasteiger partial charge in [0.1, 0.15) is 0 Å². The van der Waals surface area contributed by atoms with E-state index < -0.39 is 6.03 Å². The van der Waals surface area contributed by atoms with Gasteiger partial charge in [0, 0.05) is 23.5 Å². The molecule has 1 aromatic heterocycles. The molecular formula is C14H15N5O3. The molecule has 3 N–H and O–H groups in total. The topological polar surface area (TPSA) is 112 Å². The van der Waals surface area contributed by atoms with Crippen molar-refractivity contribution < 1.29 is 14.3 Å². The van der Waals surface area contributed by atoms with Gasteiger partial charge >= 0.3 is 6.03 Å². The van der Waals surface area contributed by atoms with Crippen molar-refractivity contribution in [2.75, 3.05) is 14.2 Å². The monoisotopic (exact) mass is 301 g/mol. The highest BCUT2D eigenvalue weighted by atomic mass is 16.5. The summed E-state index contributed by atoms with van der Waals surface area (Å²) in [7, 11) is 3.13. The van der Waals surface area contributed by atoms with Crippen LogP contribution in [0.1, 0.15) is 5.56 Å². The second-order valence-corrected chi connectivity index (χ2v) is 4.14. The molecule has 1 aromatic carbocycles. The average Bonchev–Trinajstić information content (AvgIpc) is 2.54. The van der Waals surface area contributed by atoms with Crippen LogP contribution >= 0.6 is 0 Å². The molecule has 1 heterocycles. The third-order valence-corrected chi connectivity index (χ3v) is 2.70. The highest BCUT2D eigenvalue weighted by Gasteiger charge is 2.07. The maximum atomic E-state index is 10.5. The van der Waals surface area contributed by atoms with Crippen molar-refractivity contribution in [2.45, 2.75) is 0 Å². The summed E-state index contributed by atoms with van der Waals surface area (Å²) in [5, 5.41) is 3.63. The largest absolute Gasteiger partial charge is 0.493 e. The fraction of sp³-hybridized carbons (Fsp3) is 0.143. The zero-order valence-electron chi connectivity index (χ0n) is 12.1. The Morgan fingerprint density at radius 3 is 2.50 bits per heavy atom. The number of ether oxygens (including phenoxy) is 2. The predicted octanol–water partition coefficient (Wildman–Crippen LogP) is 1.16. The van der Waals surface area contributed by atoms with Crippen molar-refractivity contribution in [2.24, 2.45) is 10.8 Å². The number of methoxy groups -OCH3 is 2. The minimum atomic E-state index is -0.737. The van der Waals surface area contributed by atoms with Crippen LogP contribution in [-0.2, 0) is 0 Å². The number of urea groups is 1. The van der Waals surface area contributed by atoms with Gasteiger partial charge < -0.3 is 15.2 Å². The minimum absolute atomic E-state index is 0.529. The molecule has 0 fully saturated rings. The van der Waals surface area contributed by atoms with Gasteiger partial charge in [-0.05, 0) is 18.2 Å². The maximum absolute atomic E-state index is 10.5. The average molecular weight is 301 g/mol. The molecule has 0 atom stereocenters. The molecule has 0 unspecified atom stereocenters. The summed E-state index contributed by atoms with van der Waals surface area (Å²) in [4.78, 5) is 19.0. The number of primary amides is 1. The molecule has 8 heteroatoms. The van der Waals surface area contributed by atoms with Crippen LogP contribution in [0, 0.1) is 0 Å². The smallest absolute Gasteiger partial charge is 0.332 e. The Bertz CT molecular complexity index is 685. The number of hydrogen-bond donors (Lipinski definition) is 2. The summed E-state index contributed by atoms with van der Waals surface area (Å²) in [6.07, 6.45) is 4.54. The lowest BCUT2D eigenvalue weighted by molar-refractivity contribution is 0.249. The fourth-order valence-corrected chi connectivity index (χ4v) is 1.70. The van der Waals surface area contributed by atoms with E-state index in [9.17, 15) is 4.79 Å². The Labute approximate surface area is 127 Å². The fourth-order valence-electron chi connectivity index (χ4n) is 1.70. The number of nitrogens with zero attached hydrogens (tertiary/aromatic N) is 3. The molecule has 0 aliphatic carbocycles. The predicted molar refractivity (Wildman–Crippen MR) is 80.9 cm³/mol. The molecule has 0 saturated carbocycles. The van der Waals surface area contributed by atoms with Gasteiger partial charge in [0.25, 0.3) is 0 Å². The van der Waals surface area contributed by atoms with Crippen LogP contribution in [-0.4, -0.2) is 36.4 Å². The van der Waals surface area contributed by atoms with Crippen LogP contribution in [0.2, 0.25) is 0 Å². The van der Waals surface area contributed by atoms with E-state index in [0.29, 0.717) is 22.9 Å². The van der Waals surface area contributed by atoms with Gasteiger partial charge in [-0.15, -0.1) is 0 Å². The summed E-state index contributed by atoms with van der Waals surface area (Å²) < 4.78 is 10.4. The van der Waals surface area contributed by atoms with E-state index in [-0.39, 0.29) is 0 Å². The molecular weight excluding hydrogens is 286 g/mol. The lowest BCUT2D eigenvalue weighted by Gasteiger charge is -2.08. The van der Waals surface area contributed by atoms with E-state index in [2.05, 4.69) is 20.5 Å². The number of carbonyl (C=O) groups excluding carboxylic acids is 1. The SMILES string of the molecule is COc1ccc(-c2ncc(/C=N/NC(N)=O)cn2)cc1OC. The molecule has 0 aliphatic rings. The Hall–Kier alpha value is -3.16. The Morgan fingerprint density at radius 2 is 1.91 bits per heavy atom. The number of carbonyl (C=O) groups is 1. The lowest BCUT2D eigenvalue weighted by Crippen LogP contribution is -2.24. The van der Waals surface area contributed by atoms with Crippen LogP contribution in [0.4, 0.5) is 4.79 Å². The number of benzene rings is 1. The lowest BCUT2D eigenvalue weighted by atomic mass is 10.2. The van der Waals surface area contributed by atoms with Crippen LogP contribution in [0.25, 0.3) is 11.4 Å². The van der Waals surface area contributed by atoms with E-state index in [1.807, 2.05) is 6.07 Å². The molecule has 0 radical (unpaired) electrons. The third-order valence-electron chi connectivity index (χ3n) is 2.70. The standard InChI is InChI=1S/C14H15N5O3/c1-21-11-4-3-10(5-12(11)22-2)13-16-6-9(7-17-13)8-18-19-14(15)20/h3-8H,1-2H3,(H3,15,19,20)/b18-8+. The molecule has 0 aliphatic heterocycles. The van der Waals surface area contributed by atoms with Crippen LogP contribution < -0.4 is 20.6 Å². The van der Waals surface area contributed by atoms with Crippen molar-refractivity contribution in [3.8, 4) is 22.9 Å². The maximum Gasteiger partial charge on any atom is 0.332 e. The molecule has 0 saturated heterocycles. The summed E-state index contributed by atoms with van der Waals surface area (Å²) in [5.74, 6) is 1.76. The van der Waals surface area contributed by atoms with Gasteiger partial charge in [0.05, 0.1) is 20.4 Å². The first-order valence-electron chi connectivity index (χ1n) is 6.27. The highest BCUT2D eigenvalue weighted by Crippen LogP contribution is 2.30. The first-order valence-corrected chi connectivity index (χ1v) is 6.27. The van der Waals surface area contributed by atoms with Gasteiger partial charge in [-0.2, -0.15) is 5.10 Å². The number of hydrogen-bond acceptors (Lipinski definition) is 6. The number of hydrazone groups is 1. The van der Waals surface area contributed by atoms with Crippen LogP contribution in [0.15, 0.2) is 35.7 Å². The first kappa shape index (κ1) is 15.2. The second kappa shape index (κ2) is 7.02. The van der Waals surface area contributed by atoms with Crippen molar-refractivity contribution in [3.05, 3.63) is 36.2 Å². The summed E-state index contributed by atoms with van der Waals surface area (Å²) >= 11 is 0. The van der Waals surface area contributed by atoms with E-state index in [1.54, 1.807) is 38.7 Å². The van der Waals surface area contributed by atoms with Crippen LogP contribution in [0.3, 0.4) is 0 Å². The molecule has 22 heavy (non-hydrogen) atoms. The molecule has 2 amide bonds. The number of nitrogens with two attached hydrogens (primary N) is 1. The van der Waals surface area contributed by atoms with E-state index in [0.717, 1.165) is 5.56 Å². The van der Waals surface area contributed by atoms with Crippen molar-refractivity contribution in [1.29, 1.82) is 0 Å². The minimum Gasteiger partial charge on any atom is -0.493 e. The number of aromatic nitrogens is 2. The highest BCUT2D eigenvalue weighted by molar-refractivity contribution is 5.80. The molecule has 2 rings (SSSR count). The number of nitrogens with one attached hydrogen (secondary N) is 1. The van der Waals surface area contributed by atoms with E-state index >= 15 is 0 Å². The zero-order chi connectivity index (χ0) is 15.9. The van der Waals surface area contributed by atoms with Gasteiger partial charge in [0.15, 0.2) is 17.3 Å². The summed E-state index contributed by atoms with van der Waals surface area (Å²) in [6.45, 7) is 0. The Morgan fingerprint density at radius 1 is 1.23 bits per heavy atom. The van der Waals surface area contributed by atoms with E-state index in [4.69, 9.17) is 15.2 Å². The number of amides is 2. The van der Waals surface area contributed by atoms with Crippen LogP contribution in [0.5, 0.6) is 11.5 Å². The van der Waals surface area contributed by atoms with Gasteiger partial charge in [-0.1, -0.05) is 0 Å². The summed E-state index contributed by atoms with van der Waals surface area (Å²) in [6, 6.07) is 4.67. The quantitative estimate of drug-likeness (QED) is 0.636. The van der Waals surface area contributed by atoms with Crippen molar-refractivity contribution >= 4 is 12.2 Å². The molecule has 8 nitrogen and oxygen atoms in total. The molecule has 0 spiro atoms. The first-order chi connectivity index (χ1) is 10.6. The molecule has 114 valence electrons. The molecule has 0 bridgehead atoms. The zero-order valence-corrected chi connectivity index (χ0v) is 12.1. The van der Waals surface area contributed by atoms with Gasteiger partial charge in [0.2, 0.25) is 0 Å². The second-order valence-electron chi connectivity index (χ2n) is 4.14. The van der Waals surface area contributed by atoms with E-state index in [1.165, 1.54) is 6.21 Å². The Balaban J connectivity index is 2.20. The van der Waals surface area contributed by atoms with Crippen molar-refractivity contribution in [1.82, 2.24) is 15.4 Å². The normalized spacial score (nSPS) is 10.5. The Kier molecular flexibility index (Phi) is 4.86. The number of rotatable bonds is 5. The van der Waals surface area contributed by atoms with Crippen molar-refractivity contribution in [3.63, 3.8) is 0 Å². The molecule has 2 aromatic rings. The summed E-state index contributed by atoms with van der Waals surface area (Å²) in [5.41, 5.74) is 8.39. The third kappa shape index (κ3) is 3.69.